The lowest BCUT2D eigenvalue weighted by molar-refractivity contribution is 0.0599. The van der Waals surface area contributed by atoms with E-state index in [9.17, 15) is 4.79 Å². The van der Waals surface area contributed by atoms with Crippen molar-refractivity contribution in [1.82, 2.24) is 5.16 Å². The summed E-state index contributed by atoms with van der Waals surface area (Å²) in [7, 11) is 1.35. The highest BCUT2D eigenvalue weighted by Crippen LogP contribution is 2.27. The fourth-order valence-electron chi connectivity index (χ4n) is 2.02. The summed E-state index contributed by atoms with van der Waals surface area (Å²) in [6.07, 6.45) is 0. The van der Waals surface area contributed by atoms with Crippen LogP contribution in [0, 0.1) is 20.8 Å². The second-order valence-corrected chi connectivity index (χ2v) is 4.33. The van der Waals surface area contributed by atoms with Crippen LogP contribution in [0.15, 0.2) is 22.7 Å². The highest BCUT2D eigenvalue weighted by Gasteiger charge is 2.22. The molecule has 0 saturated heterocycles. The standard InChI is InChI=1S/C14H15NO3/c1-8-5-9(2)7-11(6-8)13-12(14(16)17-4)10(3)18-15-13/h5-7H,1-4H3. The smallest absolute Gasteiger partial charge is 0.343 e. The number of carbonyl (C=O) groups excluding carboxylic acids is 1. The van der Waals surface area contributed by atoms with Gasteiger partial charge in [-0.2, -0.15) is 0 Å². The summed E-state index contributed by atoms with van der Waals surface area (Å²) in [5, 5.41) is 3.96. The van der Waals surface area contributed by atoms with Crippen molar-refractivity contribution >= 4 is 5.97 Å². The minimum Gasteiger partial charge on any atom is -0.465 e. The number of carbonyl (C=O) groups is 1. The minimum atomic E-state index is -0.428. The Morgan fingerprint density at radius 1 is 1.17 bits per heavy atom. The number of ether oxygens (including phenoxy) is 1. The highest BCUT2D eigenvalue weighted by molar-refractivity contribution is 5.97. The lowest BCUT2D eigenvalue weighted by Crippen LogP contribution is -2.03. The van der Waals surface area contributed by atoms with E-state index in [2.05, 4.69) is 11.2 Å². The topological polar surface area (TPSA) is 52.3 Å². The number of methoxy groups -OCH3 is 1. The van der Waals surface area contributed by atoms with E-state index in [4.69, 9.17) is 9.26 Å². The Bertz CT molecular complexity index is 579. The van der Waals surface area contributed by atoms with Crippen LogP contribution < -0.4 is 0 Å². The van der Waals surface area contributed by atoms with Gasteiger partial charge in [0.25, 0.3) is 0 Å². The molecule has 0 spiro atoms. The van der Waals surface area contributed by atoms with Crippen molar-refractivity contribution < 1.29 is 14.1 Å². The zero-order valence-electron chi connectivity index (χ0n) is 10.9. The summed E-state index contributed by atoms with van der Waals surface area (Å²) in [6.45, 7) is 5.70. The van der Waals surface area contributed by atoms with Gasteiger partial charge >= 0.3 is 5.97 Å². The zero-order chi connectivity index (χ0) is 13.3. The quantitative estimate of drug-likeness (QED) is 0.763. The fourth-order valence-corrected chi connectivity index (χ4v) is 2.02. The van der Waals surface area contributed by atoms with Crippen molar-refractivity contribution in [3.63, 3.8) is 0 Å². The fraction of sp³-hybridized carbons (Fsp3) is 0.286. The third-order valence-corrected chi connectivity index (χ3v) is 2.75. The second-order valence-electron chi connectivity index (χ2n) is 4.33. The first-order valence-corrected chi connectivity index (χ1v) is 5.66. The molecule has 1 heterocycles. The van der Waals surface area contributed by atoms with Crippen LogP contribution in [0.2, 0.25) is 0 Å². The molecule has 94 valence electrons. The predicted octanol–water partition coefficient (Wildman–Crippen LogP) is 3.05. The number of hydrogen-bond donors (Lipinski definition) is 0. The number of rotatable bonds is 2. The van der Waals surface area contributed by atoms with Gasteiger partial charge in [0.1, 0.15) is 17.0 Å². The van der Waals surface area contributed by atoms with Gasteiger partial charge in [-0.15, -0.1) is 0 Å². The number of aromatic nitrogens is 1. The number of esters is 1. The van der Waals surface area contributed by atoms with Crippen molar-refractivity contribution in [3.8, 4) is 11.3 Å². The van der Waals surface area contributed by atoms with Crippen molar-refractivity contribution in [2.45, 2.75) is 20.8 Å². The van der Waals surface area contributed by atoms with Crippen LogP contribution >= 0.6 is 0 Å². The molecule has 0 N–H and O–H groups in total. The SMILES string of the molecule is COC(=O)c1c(-c2cc(C)cc(C)c2)noc1C. The Kier molecular flexibility index (Phi) is 3.19. The maximum Gasteiger partial charge on any atom is 0.343 e. The predicted molar refractivity (Wildman–Crippen MR) is 67.5 cm³/mol. The zero-order valence-corrected chi connectivity index (χ0v) is 10.9. The van der Waals surface area contributed by atoms with Gasteiger partial charge in [-0.1, -0.05) is 22.3 Å². The molecule has 0 unspecified atom stereocenters. The maximum atomic E-state index is 11.7. The van der Waals surface area contributed by atoms with Gasteiger partial charge in [-0.25, -0.2) is 4.79 Å². The number of aryl methyl sites for hydroxylation is 3. The van der Waals surface area contributed by atoms with Crippen LogP contribution in [0.25, 0.3) is 11.3 Å². The Morgan fingerprint density at radius 2 is 1.78 bits per heavy atom. The summed E-state index contributed by atoms with van der Waals surface area (Å²) >= 11 is 0. The van der Waals surface area contributed by atoms with Gasteiger partial charge < -0.3 is 9.26 Å². The molecule has 2 aromatic rings. The summed E-state index contributed by atoms with van der Waals surface area (Å²) in [5.41, 5.74) is 4.02. The summed E-state index contributed by atoms with van der Waals surface area (Å²) in [6, 6.07) is 6.00. The van der Waals surface area contributed by atoms with E-state index in [1.165, 1.54) is 7.11 Å². The average molecular weight is 245 g/mol. The van der Waals surface area contributed by atoms with Gasteiger partial charge in [-0.3, -0.25) is 0 Å². The molecular formula is C14H15NO3. The first-order chi connectivity index (χ1) is 8.52. The van der Waals surface area contributed by atoms with Gasteiger partial charge in [0.2, 0.25) is 0 Å². The first kappa shape index (κ1) is 12.4. The first-order valence-electron chi connectivity index (χ1n) is 5.66. The largest absolute Gasteiger partial charge is 0.465 e. The molecule has 18 heavy (non-hydrogen) atoms. The van der Waals surface area contributed by atoms with Crippen LogP contribution in [0.1, 0.15) is 27.2 Å². The highest BCUT2D eigenvalue weighted by atomic mass is 16.5. The Balaban J connectivity index is 2.61. The second kappa shape index (κ2) is 4.64. The molecular weight excluding hydrogens is 230 g/mol. The van der Waals surface area contributed by atoms with E-state index in [1.807, 2.05) is 26.0 Å². The van der Waals surface area contributed by atoms with Gasteiger partial charge in [0, 0.05) is 5.56 Å². The van der Waals surface area contributed by atoms with Crippen LogP contribution in [-0.2, 0) is 4.74 Å². The molecule has 0 amide bonds. The van der Waals surface area contributed by atoms with Gasteiger partial charge in [0.15, 0.2) is 0 Å². The van der Waals surface area contributed by atoms with Crippen molar-refractivity contribution in [3.05, 3.63) is 40.6 Å². The molecule has 4 heteroatoms. The van der Waals surface area contributed by atoms with E-state index in [1.54, 1.807) is 6.92 Å². The molecule has 0 aliphatic heterocycles. The molecule has 0 aliphatic carbocycles. The Morgan fingerprint density at radius 3 is 2.33 bits per heavy atom. The minimum absolute atomic E-state index is 0.391. The van der Waals surface area contributed by atoms with Gasteiger partial charge in [-0.05, 0) is 32.9 Å². The summed E-state index contributed by atoms with van der Waals surface area (Å²) in [5.74, 6) is 0.0407. The Hall–Kier alpha value is -2.10. The molecule has 0 radical (unpaired) electrons. The molecule has 4 nitrogen and oxygen atoms in total. The monoisotopic (exact) mass is 245 g/mol. The van der Waals surface area contributed by atoms with E-state index in [0.29, 0.717) is 17.0 Å². The van der Waals surface area contributed by atoms with Crippen LogP contribution in [0.5, 0.6) is 0 Å². The molecule has 0 fully saturated rings. The number of hydrogen-bond acceptors (Lipinski definition) is 4. The van der Waals surface area contributed by atoms with E-state index >= 15 is 0 Å². The van der Waals surface area contributed by atoms with E-state index in [0.717, 1.165) is 16.7 Å². The third kappa shape index (κ3) is 2.14. The van der Waals surface area contributed by atoms with Crippen LogP contribution in [0.4, 0.5) is 0 Å². The molecule has 1 aromatic carbocycles. The maximum absolute atomic E-state index is 11.7. The normalized spacial score (nSPS) is 10.4. The van der Waals surface area contributed by atoms with Crippen molar-refractivity contribution in [1.29, 1.82) is 0 Å². The number of benzene rings is 1. The van der Waals surface area contributed by atoms with Crippen LogP contribution in [-0.4, -0.2) is 18.2 Å². The summed E-state index contributed by atoms with van der Waals surface area (Å²) < 4.78 is 9.86. The molecule has 0 saturated carbocycles. The summed E-state index contributed by atoms with van der Waals surface area (Å²) in [4.78, 5) is 11.7. The van der Waals surface area contributed by atoms with Crippen molar-refractivity contribution in [2.24, 2.45) is 0 Å². The lowest BCUT2D eigenvalue weighted by atomic mass is 10.0. The third-order valence-electron chi connectivity index (χ3n) is 2.75. The molecule has 0 aliphatic rings. The van der Waals surface area contributed by atoms with Crippen LogP contribution in [0.3, 0.4) is 0 Å². The van der Waals surface area contributed by atoms with Gasteiger partial charge in [0.05, 0.1) is 7.11 Å². The Labute approximate surface area is 106 Å². The number of nitrogens with zero attached hydrogens (tertiary/aromatic N) is 1. The molecule has 0 atom stereocenters. The molecule has 2 rings (SSSR count). The van der Waals surface area contributed by atoms with Crippen molar-refractivity contribution in [2.75, 3.05) is 7.11 Å². The molecule has 1 aromatic heterocycles. The lowest BCUT2D eigenvalue weighted by Gasteiger charge is -2.04. The van der Waals surface area contributed by atoms with E-state index in [-0.39, 0.29) is 0 Å². The molecule has 0 bridgehead atoms. The van der Waals surface area contributed by atoms with E-state index < -0.39 is 5.97 Å². The average Bonchev–Trinajstić information content (AvgIpc) is 2.69.